The number of phenolic OH excluding ortho intramolecular Hbond substituents is 1. The molecule has 1 aromatic heterocycles. The van der Waals surface area contributed by atoms with Gasteiger partial charge in [0.2, 0.25) is 5.91 Å². The third-order valence-corrected chi connectivity index (χ3v) is 8.71. The number of nitrogens with zero attached hydrogens (tertiary/aromatic N) is 2. The summed E-state index contributed by atoms with van der Waals surface area (Å²) in [5.74, 6) is 0.756. The summed E-state index contributed by atoms with van der Waals surface area (Å²) in [6, 6.07) is 3.46. The lowest BCUT2D eigenvalue weighted by Crippen LogP contribution is -2.68. The normalized spacial score (nSPS) is 30.6. The van der Waals surface area contributed by atoms with Crippen molar-refractivity contribution in [2.75, 3.05) is 20.6 Å². The van der Waals surface area contributed by atoms with Crippen LogP contribution in [0.2, 0.25) is 0 Å². The first-order valence-corrected chi connectivity index (χ1v) is 12.2. The summed E-state index contributed by atoms with van der Waals surface area (Å²) in [5, 5.41) is 11.0. The van der Waals surface area contributed by atoms with Gasteiger partial charge in [0.05, 0.1) is 18.6 Å². The number of piperidine rings is 1. The summed E-state index contributed by atoms with van der Waals surface area (Å²) in [6.45, 7) is 2.25. The molecule has 2 aromatic rings. The van der Waals surface area contributed by atoms with Crippen molar-refractivity contribution in [2.24, 2.45) is 5.92 Å². The number of carbonyl (C=O) groups is 2. The monoisotopic (exact) mass is 478 g/mol. The summed E-state index contributed by atoms with van der Waals surface area (Å²) in [7, 11) is 3.98. The van der Waals surface area contributed by atoms with Crippen LogP contribution in [0.5, 0.6) is 17.2 Å². The van der Waals surface area contributed by atoms with E-state index in [1.807, 2.05) is 7.05 Å². The molecule has 2 bridgehead atoms. The highest BCUT2D eigenvalue weighted by atomic mass is 16.6. The molecule has 1 saturated heterocycles. The number of phenols is 1. The topological polar surface area (TPSA) is 92.5 Å². The van der Waals surface area contributed by atoms with Crippen LogP contribution in [0.1, 0.15) is 42.9 Å². The van der Waals surface area contributed by atoms with Crippen LogP contribution in [0, 0.1) is 5.92 Å². The van der Waals surface area contributed by atoms with Crippen LogP contribution in [-0.4, -0.2) is 65.6 Å². The largest absolute Gasteiger partial charge is 0.508 e. The van der Waals surface area contributed by atoms with Gasteiger partial charge in [-0.15, -0.1) is 0 Å². The second-order valence-electron chi connectivity index (χ2n) is 10.3. The lowest BCUT2D eigenvalue weighted by Gasteiger charge is -2.59. The third-order valence-electron chi connectivity index (χ3n) is 8.71. The van der Waals surface area contributed by atoms with Crippen LogP contribution >= 0.6 is 0 Å². The second kappa shape index (κ2) is 7.88. The molecule has 0 radical (unpaired) electrons. The van der Waals surface area contributed by atoms with Crippen molar-refractivity contribution in [3.8, 4) is 17.2 Å². The smallest absolute Gasteiger partial charge is 0.308 e. The fourth-order valence-electron chi connectivity index (χ4n) is 7.21. The Morgan fingerprint density at radius 3 is 2.91 bits per heavy atom. The van der Waals surface area contributed by atoms with Crippen LogP contribution in [0.25, 0.3) is 6.08 Å². The van der Waals surface area contributed by atoms with Gasteiger partial charge in [0.25, 0.3) is 0 Å². The molecule has 3 heterocycles. The van der Waals surface area contributed by atoms with Crippen molar-refractivity contribution in [2.45, 2.75) is 56.2 Å². The number of furan rings is 1. The second-order valence-corrected chi connectivity index (χ2v) is 10.3. The van der Waals surface area contributed by atoms with E-state index in [9.17, 15) is 14.7 Å². The lowest BCUT2D eigenvalue weighted by atomic mass is 9.51. The molecule has 0 unspecified atom stereocenters. The van der Waals surface area contributed by atoms with Crippen molar-refractivity contribution in [1.82, 2.24) is 9.80 Å². The molecule has 1 amide bonds. The van der Waals surface area contributed by atoms with Crippen molar-refractivity contribution < 1.29 is 28.6 Å². The predicted molar refractivity (Wildman–Crippen MR) is 127 cm³/mol. The first-order valence-electron chi connectivity index (χ1n) is 12.2. The standard InChI is InChI=1S/C27H30N2O6/c1-15(30)34-22-13-21(31)17-12-20-18-5-6-19(29(3)23(32)7-4-16-8-11-33-14-16)26-27(18,9-10-28(20)2)24(17)25(22)35-26/h4,7-8,11,13-14,18-20,26,31H,5-6,9-10,12H2,1-3H3/b7-4+/t18-,19-,20+,26-,27-/m0/s1. The van der Waals surface area contributed by atoms with Crippen LogP contribution < -0.4 is 9.47 Å². The van der Waals surface area contributed by atoms with Crippen molar-refractivity contribution in [3.63, 3.8) is 0 Å². The van der Waals surface area contributed by atoms with Crippen LogP contribution in [0.4, 0.5) is 0 Å². The molecule has 1 aromatic carbocycles. The highest BCUT2D eigenvalue weighted by Gasteiger charge is 2.66. The molecule has 1 N–H and O–H groups in total. The number of benzene rings is 1. The van der Waals surface area contributed by atoms with Crippen LogP contribution in [0.15, 0.2) is 35.2 Å². The van der Waals surface area contributed by atoms with E-state index in [4.69, 9.17) is 13.9 Å². The summed E-state index contributed by atoms with van der Waals surface area (Å²) in [4.78, 5) is 29.2. The van der Waals surface area contributed by atoms with E-state index in [-0.39, 0.29) is 35.0 Å². The minimum Gasteiger partial charge on any atom is -0.508 e. The van der Waals surface area contributed by atoms with E-state index < -0.39 is 5.97 Å². The number of aromatic hydroxyl groups is 1. The Morgan fingerprint density at radius 2 is 2.17 bits per heavy atom. The predicted octanol–water partition coefficient (Wildman–Crippen LogP) is 3.12. The van der Waals surface area contributed by atoms with E-state index in [0.29, 0.717) is 17.7 Å². The lowest BCUT2D eigenvalue weighted by molar-refractivity contribution is -0.134. The van der Waals surface area contributed by atoms with Crippen LogP contribution in [0.3, 0.4) is 0 Å². The van der Waals surface area contributed by atoms with Gasteiger partial charge in [-0.25, -0.2) is 0 Å². The van der Waals surface area contributed by atoms with Gasteiger partial charge in [-0.3, -0.25) is 9.59 Å². The molecule has 1 spiro atoms. The quantitative estimate of drug-likeness (QED) is 0.410. The molecule has 2 aliphatic heterocycles. The van der Waals surface area contributed by atoms with E-state index in [0.717, 1.165) is 48.9 Å². The molecule has 2 fully saturated rings. The summed E-state index contributed by atoms with van der Waals surface area (Å²) >= 11 is 0. The number of amides is 1. The molecular weight excluding hydrogens is 448 g/mol. The SMILES string of the molecule is CC(=O)Oc1cc(O)c2c3c1O[C@H]1[C@@H](N(C)C(=O)/C=C/c4ccoc4)CC[C@H]4[C@@H](C2)N(C)CC[C@@]341. The first kappa shape index (κ1) is 22.2. The minimum atomic E-state index is -0.460. The highest BCUT2D eigenvalue weighted by molar-refractivity contribution is 5.92. The molecule has 1 saturated carbocycles. The van der Waals surface area contributed by atoms with Gasteiger partial charge < -0.3 is 28.8 Å². The Hall–Kier alpha value is -3.26. The minimum absolute atomic E-state index is 0.103. The van der Waals surface area contributed by atoms with E-state index >= 15 is 0 Å². The van der Waals surface area contributed by atoms with Gasteiger partial charge in [-0.05, 0) is 57.3 Å². The van der Waals surface area contributed by atoms with Gasteiger partial charge >= 0.3 is 5.97 Å². The van der Waals surface area contributed by atoms with Gasteiger partial charge in [0, 0.05) is 54.3 Å². The third kappa shape index (κ3) is 3.15. The molecule has 4 aliphatic rings. The van der Waals surface area contributed by atoms with E-state index in [2.05, 4.69) is 11.9 Å². The zero-order valence-electron chi connectivity index (χ0n) is 20.2. The fraction of sp³-hybridized carbons (Fsp3) is 0.481. The number of likely N-dealkylation sites (tertiary alicyclic amines) is 1. The maximum absolute atomic E-state index is 13.2. The Morgan fingerprint density at radius 1 is 1.34 bits per heavy atom. The molecule has 6 rings (SSSR count). The maximum Gasteiger partial charge on any atom is 0.308 e. The summed E-state index contributed by atoms with van der Waals surface area (Å²) in [5.41, 5.74) is 2.38. The molecule has 8 heteroatoms. The van der Waals surface area contributed by atoms with Gasteiger partial charge in [0.1, 0.15) is 11.9 Å². The van der Waals surface area contributed by atoms with E-state index in [1.54, 1.807) is 35.6 Å². The Balaban J connectivity index is 1.43. The van der Waals surface area contributed by atoms with Crippen molar-refractivity contribution in [1.29, 1.82) is 0 Å². The molecule has 184 valence electrons. The highest BCUT2D eigenvalue weighted by Crippen LogP contribution is 2.65. The Bertz CT molecular complexity index is 1220. The molecular formula is C27H30N2O6. The average molecular weight is 479 g/mol. The number of hydrogen-bond donors (Lipinski definition) is 1. The number of esters is 1. The number of hydrogen-bond acceptors (Lipinski definition) is 7. The number of likely N-dealkylation sites (N-methyl/N-ethyl adjacent to an activating group) is 2. The number of rotatable bonds is 4. The van der Waals surface area contributed by atoms with Gasteiger partial charge in [0.15, 0.2) is 11.5 Å². The van der Waals surface area contributed by atoms with Gasteiger partial charge in [-0.1, -0.05) is 0 Å². The van der Waals surface area contributed by atoms with Crippen molar-refractivity contribution in [3.05, 3.63) is 47.4 Å². The molecule has 8 nitrogen and oxygen atoms in total. The number of ether oxygens (including phenoxy) is 2. The number of carbonyl (C=O) groups excluding carboxylic acids is 2. The average Bonchev–Trinajstić information content (AvgIpc) is 3.46. The van der Waals surface area contributed by atoms with Gasteiger partial charge in [-0.2, -0.15) is 0 Å². The summed E-state index contributed by atoms with van der Waals surface area (Å²) in [6.07, 6.45) is 9.58. The summed E-state index contributed by atoms with van der Waals surface area (Å²) < 4.78 is 17.3. The van der Waals surface area contributed by atoms with Crippen LogP contribution in [-0.2, 0) is 21.4 Å². The Labute approximate surface area is 204 Å². The molecule has 35 heavy (non-hydrogen) atoms. The molecule has 2 aliphatic carbocycles. The first-order chi connectivity index (χ1) is 16.8. The molecule has 5 atom stereocenters. The maximum atomic E-state index is 13.2. The fourth-order valence-corrected chi connectivity index (χ4v) is 7.21. The zero-order valence-corrected chi connectivity index (χ0v) is 20.2. The Kier molecular flexibility index (Phi) is 5.00. The zero-order chi connectivity index (χ0) is 24.5. The van der Waals surface area contributed by atoms with E-state index in [1.165, 1.54) is 13.0 Å². The van der Waals surface area contributed by atoms with Crippen molar-refractivity contribution >= 4 is 18.0 Å².